The minimum atomic E-state index is -1.11. The maximum Gasteiger partial charge on any atom is 0.207 e. The first-order valence-electron chi connectivity index (χ1n) is 4.93. The lowest BCUT2D eigenvalue weighted by Crippen LogP contribution is -2.05. The van der Waals surface area contributed by atoms with Gasteiger partial charge in [-0.05, 0) is 26.0 Å². The molecule has 88 valence electrons. The zero-order chi connectivity index (χ0) is 12.6. The molecule has 2 nitrogen and oxygen atoms in total. The average molecular weight is 253 g/mol. The van der Waals surface area contributed by atoms with Crippen molar-refractivity contribution in [2.45, 2.75) is 13.8 Å². The van der Waals surface area contributed by atoms with E-state index in [-0.39, 0.29) is 5.56 Å². The van der Waals surface area contributed by atoms with E-state index in [9.17, 15) is 13.6 Å². The van der Waals surface area contributed by atoms with Gasteiger partial charge in [-0.3, -0.25) is 4.79 Å². The molecule has 5 heteroatoms. The van der Waals surface area contributed by atoms with Crippen LogP contribution in [-0.4, -0.2) is 10.8 Å². The van der Waals surface area contributed by atoms with Crippen molar-refractivity contribution in [2.75, 3.05) is 0 Å². The summed E-state index contributed by atoms with van der Waals surface area (Å²) in [6, 6.07) is 3.57. The molecular weight excluding hydrogens is 244 g/mol. The Morgan fingerprint density at radius 3 is 2.59 bits per heavy atom. The number of aromatic nitrogens is 1. The molecule has 0 saturated carbocycles. The molecule has 0 radical (unpaired) electrons. The van der Waals surface area contributed by atoms with Crippen LogP contribution >= 0.6 is 11.3 Å². The van der Waals surface area contributed by atoms with Crippen molar-refractivity contribution < 1.29 is 13.6 Å². The highest BCUT2D eigenvalue weighted by Gasteiger charge is 2.20. The van der Waals surface area contributed by atoms with Crippen molar-refractivity contribution in [1.29, 1.82) is 0 Å². The van der Waals surface area contributed by atoms with Crippen LogP contribution in [0.15, 0.2) is 18.2 Å². The largest absolute Gasteiger partial charge is 0.288 e. The fourth-order valence-electron chi connectivity index (χ4n) is 1.54. The molecule has 0 saturated heterocycles. The molecular formula is C12H9F2NOS. The minimum Gasteiger partial charge on any atom is -0.288 e. The zero-order valence-corrected chi connectivity index (χ0v) is 10.1. The minimum absolute atomic E-state index is 0.253. The molecule has 0 spiro atoms. The number of hydrogen-bond acceptors (Lipinski definition) is 3. The fraction of sp³-hybridized carbons (Fsp3) is 0.167. The summed E-state index contributed by atoms with van der Waals surface area (Å²) in [5.41, 5.74) is 0.290. The maximum atomic E-state index is 13.5. The van der Waals surface area contributed by atoms with Gasteiger partial charge in [-0.1, -0.05) is 6.07 Å². The second kappa shape index (κ2) is 4.33. The van der Waals surface area contributed by atoms with E-state index in [0.29, 0.717) is 10.6 Å². The van der Waals surface area contributed by atoms with Gasteiger partial charge >= 0.3 is 0 Å². The van der Waals surface area contributed by atoms with Crippen LogP contribution in [0.4, 0.5) is 8.78 Å². The number of aryl methyl sites for hydroxylation is 2. The van der Waals surface area contributed by atoms with Gasteiger partial charge in [0.25, 0.3) is 0 Å². The van der Waals surface area contributed by atoms with E-state index in [1.807, 2.05) is 0 Å². The second-order valence-corrected chi connectivity index (χ2v) is 4.78. The highest BCUT2D eigenvalue weighted by atomic mass is 32.1. The van der Waals surface area contributed by atoms with Gasteiger partial charge in [-0.2, -0.15) is 0 Å². The molecule has 0 unspecified atom stereocenters. The molecule has 1 heterocycles. The van der Waals surface area contributed by atoms with E-state index in [4.69, 9.17) is 0 Å². The van der Waals surface area contributed by atoms with Crippen LogP contribution in [0.5, 0.6) is 0 Å². The van der Waals surface area contributed by atoms with Crippen LogP contribution < -0.4 is 0 Å². The first kappa shape index (κ1) is 11.9. The lowest BCUT2D eigenvalue weighted by Gasteiger charge is -2.01. The highest BCUT2D eigenvalue weighted by molar-refractivity contribution is 7.14. The van der Waals surface area contributed by atoms with Crippen molar-refractivity contribution in [3.05, 3.63) is 51.0 Å². The van der Waals surface area contributed by atoms with E-state index in [2.05, 4.69) is 4.98 Å². The van der Waals surface area contributed by atoms with E-state index < -0.39 is 17.4 Å². The molecule has 0 aliphatic carbocycles. The highest BCUT2D eigenvalue weighted by Crippen LogP contribution is 2.23. The monoisotopic (exact) mass is 253 g/mol. The second-order valence-electron chi connectivity index (χ2n) is 3.58. The molecule has 0 amide bonds. The molecule has 2 rings (SSSR count). The smallest absolute Gasteiger partial charge is 0.207 e. The van der Waals surface area contributed by atoms with E-state index in [1.165, 1.54) is 23.5 Å². The molecule has 0 aliphatic heterocycles. The Bertz CT molecular complexity index is 592. The number of carbonyl (C=O) groups excluding carboxylic acids is 1. The summed E-state index contributed by atoms with van der Waals surface area (Å²) >= 11 is 1.18. The average Bonchev–Trinajstić information content (AvgIpc) is 2.61. The van der Waals surface area contributed by atoms with E-state index >= 15 is 0 Å². The van der Waals surface area contributed by atoms with Crippen molar-refractivity contribution in [3.8, 4) is 0 Å². The Balaban J connectivity index is 2.51. The lowest BCUT2D eigenvalue weighted by atomic mass is 10.1. The number of benzene rings is 1. The number of nitrogens with zero attached hydrogens (tertiary/aromatic N) is 1. The van der Waals surface area contributed by atoms with Gasteiger partial charge in [-0.15, -0.1) is 11.3 Å². The Morgan fingerprint density at radius 2 is 2.00 bits per heavy atom. The van der Waals surface area contributed by atoms with Crippen molar-refractivity contribution in [2.24, 2.45) is 0 Å². The maximum absolute atomic E-state index is 13.5. The number of ketones is 1. The SMILES string of the molecule is Cc1nc(C)c(C(=O)c2cccc(F)c2F)s1. The summed E-state index contributed by atoms with van der Waals surface area (Å²) in [5.74, 6) is -2.65. The molecule has 1 aromatic heterocycles. The molecule has 17 heavy (non-hydrogen) atoms. The molecule has 0 atom stereocenters. The summed E-state index contributed by atoms with van der Waals surface area (Å²) in [6.07, 6.45) is 0. The lowest BCUT2D eigenvalue weighted by molar-refractivity contribution is 0.103. The summed E-state index contributed by atoms with van der Waals surface area (Å²) in [6.45, 7) is 3.43. The Morgan fingerprint density at radius 1 is 1.29 bits per heavy atom. The first-order valence-corrected chi connectivity index (χ1v) is 5.75. The van der Waals surface area contributed by atoms with Gasteiger partial charge in [0.1, 0.15) is 0 Å². The van der Waals surface area contributed by atoms with Crippen LogP contribution in [0.2, 0.25) is 0 Å². The predicted octanol–water partition coefficient (Wildman–Crippen LogP) is 3.27. The number of thiazole rings is 1. The van der Waals surface area contributed by atoms with E-state index in [0.717, 1.165) is 11.1 Å². The van der Waals surface area contributed by atoms with Crippen molar-refractivity contribution in [3.63, 3.8) is 0 Å². The number of rotatable bonds is 2. The van der Waals surface area contributed by atoms with Crippen LogP contribution in [0.1, 0.15) is 25.9 Å². The molecule has 0 N–H and O–H groups in total. The molecule has 0 aliphatic rings. The Kier molecular flexibility index (Phi) is 3.02. The summed E-state index contributed by atoms with van der Waals surface area (Å²) in [4.78, 5) is 16.5. The summed E-state index contributed by atoms with van der Waals surface area (Å²) in [7, 11) is 0. The normalized spacial score (nSPS) is 10.6. The molecule has 2 aromatic rings. The van der Waals surface area contributed by atoms with Gasteiger partial charge < -0.3 is 0 Å². The molecule has 0 fully saturated rings. The number of carbonyl (C=O) groups is 1. The van der Waals surface area contributed by atoms with Crippen LogP contribution in [0.25, 0.3) is 0 Å². The Hall–Kier alpha value is -1.62. The quantitative estimate of drug-likeness (QED) is 0.769. The first-order chi connectivity index (χ1) is 8.00. The third-order valence-electron chi connectivity index (χ3n) is 2.31. The van der Waals surface area contributed by atoms with Crippen molar-refractivity contribution >= 4 is 17.1 Å². The fourth-order valence-corrected chi connectivity index (χ4v) is 2.42. The van der Waals surface area contributed by atoms with Crippen molar-refractivity contribution in [1.82, 2.24) is 4.98 Å². The summed E-state index contributed by atoms with van der Waals surface area (Å²) in [5, 5.41) is 0.725. The van der Waals surface area contributed by atoms with Gasteiger partial charge in [-0.25, -0.2) is 13.8 Å². The van der Waals surface area contributed by atoms with Gasteiger partial charge in [0.2, 0.25) is 5.78 Å². The number of halogens is 2. The third-order valence-corrected chi connectivity index (χ3v) is 3.38. The number of hydrogen-bond donors (Lipinski definition) is 0. The van der Waals surface area contributed by atoms with Crippen LogP contribution in [-0.2, 0) is 0 Å². The van der Waals surface area contributed by atoms with Gasteiger partial charge in [0, 0.05) is 0 Å². The molecule has 1 aromatic carbocycles. The van der Waals surface area contributed by atoms with Crippen LogP contribution in [0, 0.1) is 25.5 Å². The third kappa shape index (κ3) is 2.10. The van der Waals surface area contributed by atoms with Gasteiger partial charge in [0.15, 0.2) is 11.6 Å². The molecule has 0 bridgehead atoms. The van der Waals surface area contributed by atoms with E-state index in [1.54, 1.807) is 13.8 Å². The van der Waals surface area contributed by atoms with Gasteiger partial charge in [0.05, 0.1) is 21.1 Å². The van der Waals surface area contributed by atoms with Crippen LogP contribution in [0.3, 0.4) is 0 Å². The predicted molar refractivity (Wildman–Crippen MR) is 61.4 cm³/mol. The zero-order valence-electron chi connectivity index (χ0n) is 9.25. The Labute approximate surface area is 101 Å². The standard InChI is InChI=1S/C12H9F2NOS/c1-6-12(17-7(2)15-6)11(16)8-4-3-5-9(13)10(8)14/h3-5H,1-2H3. The summed E-state index contributed by atoms with van der Waals surface area (Å²) < 4.78 is 26.5. The topological polar surface area (TPSA) is 30.0 Å².